The van der Waals surface area contributed by atoms with E-state index in [2.05, 4.69) is 4.40 Å². The van der Waals surface area contributed by atoms with E-state index >= 15 is 0 Å². The number of esters is 1. The van der Waals surface area contributed by atoms with Gasteiger partial charge in [-0.2, -0.15) is 8.42 Å². The standard InChI is InChI=1S/C15H14N2O4S3/c1-3-17-11-7-6-10(14(18)21-2)9-12(11)23-15(17)16-24(19,20)13-5-4-8-22-13/h4-9H,3H2,1-2H3. The number of carbonyl (C=O) groups excluding carboxylic acids is 1. The Hall–Kier alpha value is -1.97. The largest absolute Gasteiger partial charge is 0.465 e. The molecule has 0 bridgehead atoms. The first-order valence-corrected chi connectivity index (χ1v) is 10.2. The molecule has 0 spiro atoms. The van der Waals surface area contributed by atoms with Gasteiger partial charge in [0.2, 0.25) is 4.80 Å². The van der Waals surface area contributed by atoms with Gasteiger partial charge in [0.1, 0.15) is 4.21 Å². The average Bonchev–Trinajstić information content (AvgIpc) is 3.20. The van der Waals surface area contributed by atoms with Gasteiger partial charge in [-0.3, -0.25) is 0 Å². The molecule has 0 fully saturated rings. The molecule has 0 saturated carbocycles. The van der Waals surface area contributed by atoms with Crippen LogP contribution in [0.1, 0.15) is 17.3 Å². The lowest BCUT2D eigenvalue weighted by Gasteiger charge is -2.02. The summed E-state index contributed by atoms with van der Waals surface area (Å²) in [7, 11) is -2.42. The molecule has 126 valence electrons. The summed E-state index contributed by atoms with van der Waals surface area (Å²) < 4.78 is 36.3. The van der Waals surface area contributed by atoms with Crippen LogP contribution >= 0.6 is 22.7 Å². The number of aromatic nitrogens is 1. The van der Waals surface area contributed by atoms with E-state index in [0.29, 0.717) is 16.9 Å². The highest BCUT2D eigenvalue weighted by Crippen LogP contribution is 2.22. The molecule has 0 saturated heterocycles. The Labute approximate surface area is 146 Å². The van der Waals surface area contributed by atoms with Crippen LogP contribution in [-0.4, -0.2) is 26.1 Å². The van der Waals surface area contributed by atoms with Crippen molar-refractivity contribution in [3.8, 4) is 0 Å². The van der Waals surface area contributed by atoms with E-state index < -0.39 is 16.0 Å². The van der Waals surface area contributed by atoms with E-state index in [9.17, 15) is 13.2 Å². The lowest BCUT2D eigenvalue weighted by Crippen LogP contribution is -2.15. The third-order valence-electron chi connectivity index (χ3n) is 3.37. The van der Waals surface area contributed by atoms with E-state index in [1.807, 2.05) is 11.5 Å². The number of hydrogen-bond acceptors (Lipinski definition) is 6. The second-order valence-electron chi connectivity index (χ2n) is 4.80. The van der Waals surface area contributed by atoms with Gasteiger partial charge in [-0.05, 0) is 36.6 Å². The number of rotatable bonds is 4. The zero-order chi connectivity index (χ0) is 17.3. The summed E-state index contributed by atoms with van der Waals surface area (Å²) in [4.78, 5) is 12.0. The van der Waals surface area contributed by atoms with Gasteiger partial charge in [0.05, 0.1) is 22.9 Å². The van der Waals surface area contributed by atoms with Crippen LogP contribution in [0.15, 0.2) is 44.3 Å². The molecule has 6 nitrogen and oxygen atoms in total. The molecule has 0 amide bonds. The summed E-state index contributed by atoms with van der Waals surface area (Å²) >= 11 is 2.36. The molecule has 0 atom stereocenters. The summed E-state index contributed by atoms with van der Waals surface area (Å²) in [6.07, 6.45) is 0. The van der Waals surface area contributed by atoms with Crippen molar-refractivity contribution >= 4 is 48.9 Å². The first kappa shape index (κ1) is 16.9. The van der Waals surface area contributed by atoms with Crippen molar-refractivity contribution in [1.29, 1.82) is 0 Å². The number of sulfonamides is 1. The highest BCUT2D eigenvalue weighted by Gasteiger charge is 2.16. The number of fused-ring (bicyclic) bond motifs is 1. The summed E-state index contributed by atoms with van der Waals surface area (Å²) in [6.45, 7) is 2.48. The fraction of sp³-hybridized carbons (Fsp3) is 0.200. The van der Waals surface area contributed by atoms with E-state index in [1.165, 1.54) is 24.5 Å². The van der Waals surface area contributed by atoms with Gasteiger partial charge in [0.15, 0.2) is 0 Å². The molecule has 9 heteroatoms. The highest BCUT2D eigenvalue weighted by atomic mass is 32.2. The number of aryl methyl sites for hydroxylation is 1. The van der Waals surface area contributed by atoms with Gasteiger partial charge >= 0.3 is 5.97 Å². The lowest BCUT2D eigenvalue weighted by atomic mass is 10.2. The van der Waals surface area contributed by atoms with Crippen LogP contribution in [0.5, 0.6) is 0 Å². The first-order valence-electron chi connectivity index (χ1n) is 7.02. The van der Waals surface area contributed by atoms with Gasteiger partial charge in [-0.15, -0.1) is 15.7 Å². The number of hydrogen-bond donors (Lipinski definition) is 0. The van der Waals surface area contributed by atoms with Gasteiger partial charge < -0.3 is 9.30 Å². The minimum Gasteiger partial charge on any atom is -0.465 e. The van der Waals surface area contributed by atoms with Gasteiger partial charge in [0, 0.05) is 6.54 Å². The molecule has 0 radical (unpaired) electrons. The van der Waals surface area contributed by atoms with Crippen molar-refractivity contribution in [3.63, 3.8) is 0 Å². The number of nitrogens with zero attached hydrogens (tertiary/aromatic N) is 2. The Kier molecular flexibility index (Phi) is 4.57. The van der Waals surface area contributed by atoms with Crippen molar-refractivity contribution in [2.75, 3.05) is 7.11 Å². The minimum atomic E-state index is -3.74. The molecule has 3 aromatic rings. The molecular formula is C15H14N2O4S3. The normalized spacial score (nSPS) is 12.7. The number of methoxy groups -OCH3 is 1. The Balaban J connectivity index is 2.21. The minimum absolute atomic E-state index is 0.206. The molecule has 0 aliphatic carbocycles. The molecule has 24 heavy (non-hydrogen) atoms. The maximum absolute atomic E-state index is 12.4. The van der Waals surface area contributed by atoms with Crippen LogP contribution in [-0.2, 0) is 21.3 Å². The van der Waals surface area contributed by atoms with Gasteiger partial charge in [-0.1, -0.05) is 17.4 Å². The average molecular weight is 382 g/mol. The lowest BCUT2D eigenvalue weighted by molar-refractivity contribution is 0.0601. The second kappa shape index (κ2) is 6.50. The number of ether oxygens (including phenoxy) is 1. The highest BCUT2D eigenvalue weighted by molar-refractivity contribution is 7.92. The quantitative estimate of drug-likeness (QED) is 0.650. The number of benzene rings is 1. The molecule has 0 N–H and O–H groups in total. The van der Waals surface area contributed by atoms with E-state index in [4.69, 9.17) is 4.74 Å². The molecule has 2 aromatic heterocycles. The van der Waals surface area contributed by atoms with Crippen LogP contribution in [0, 0.1) is 0 Å². The maximum atomic E-state index is 12.4. The monoisotopic (exact) mass is 382 g/mol. The Morgan fingerprint density at radius 2 is 2.12 bits per heavy atom. The van der Waals surface area contributed by atoms with Crippen LogP contribution in [0.2, 0.25) is 0 Å². The molecule has 2 heterocycles. The van der Waals surface area contributed by atoms with E-state index in [-0.39, 0.29) is 4.21 Å². The molecule has 0 unspecified atom stereocenters. The fourth-order valence-electron chi connectivity index (χ4n) is 2.25. The van der Waals surface area contributed by atoms with Crippen molar-refractivity contribution in [1.82, 2.24) is 4.57 Å². The van der Waals surface area contributed by atoms with Gasteiger partial charge in [-0.25, -0.2) is 4.79 Å². The van der Waals surface area contributed by atoms with Gasteiger partial charge in [0.25, 0.3) is 10.0 Å². The third-order valence-corrected chi connectivity index (χ3v) is 7.16. The van der Waals surface area contributed by atoms with E-state index in [0.717, 1.165) is 21.6 Å². The molecule has 0 aliphatic heterocycles. The van der Waals surface area contributed by atoms with Crippen LogP contribution < -0.4 is 4.80 Å². The number of thiophene rings is 1. The van der Waals surface area contributed by atoms with Crippen molar-refractivity contribution in [2.24, 2.45) is 4.40 Å². The third kappa shape index (κ3) is 3.02. The second-order valence-corrected chi connectivity index (χ2v) is 8.59. The molecular weight excluding hydrogens is 368 g/mol. The smallest absolute Gasteiger partial charge is 0.337 e. The van der Waals surface area contributed by atoms with E-state index in [1.54, 1.807) is 29.6 Å². The molecule has 1 aromatic carbocycles. The topological polar surface area (TPSA) is 77.7 Å². The molecule has 0 aliphatic rings. The first-order chi connectivity index (χ1) is 11.5. The number of thiazole rings is 1. The van der Waals surface area contributed by atoms with Crippen LogP contribution in [0.25, 0.3) is 10.2 Å². The number of carbonyl (C=O) groups is 1. The maximum Gasteiger partial charge on any atom is 0.337 e. The van der Waals surface area contributed by atoms with Crippen LogP contribution in [0.3, 0.4) is 0 Å². The SMILES string of the molecule is CCn1c(=NS(=O)(=O)c2cccs2)sc2cc(C(=O)OC)ccc21. The molecule has 3 rings (SSSR count). The Morgan fingerprint density at radius 1 is 1.33 bits per heavy atom. The van der Waals surface area contributed by atoms with Crippen molar-refractivity contribution in [2.45, 2.75) is 17.7 Å². The zero-order valence-electron chi connectivity index (χ0n) is 12.9. The van der Waals surface area contributed by atoms with Crippen molar-refractivity contribution < 1.29 is 17.9 Å². The summed E-state index contributed by atoms with van der Waals surface area (Å²) in [5.41, 5.74) is 1.25. The Morgan fingerprint density at radius 3 is 2.75 bits per heavy atom. The predicted octanol–water partition coefficient (Wildman–Crippen LogP) is 2.86. The Bertz CT molecular complexity index is 1060. The fourth-order valence-corrected chi connectivity index (χ4v) is 5.56. The predicted molar refractivity (Wildman–Crippen MR) is 93.9 cm³/mol. The zero-order valence-corrected chi connectivity index (χ0v) is 15.4. The summed E-state index contributed by atoms with van der Waals surface area (Å²) in [5, 5.41) is 1.70. The van der Waals surface area contributed by atoms with Crippen LogP contribution in [0.4, 0.5) is 0 Å². The summed E-state index contributed by atoms with van der Waals surface area (Å²) in [6, 6.07) is 8.33. The van der Waals surface area contributed by atoms with Crippen molar-refractivity contribution in [3.05, 3.63) is 46.1 Å². The summed E-state index contributed by atoms with van der Waals surface area (Å²) in [5.74, 6) is -0.432.